The van der Waals surface area contributed by atoms with Crippen molar-refractivity contribution >= 4 is 16.9 Å². The van der Waals surface area contributed by atoms with E-state index in [9.17, 15) is 4.79 Å². The van der Waals surface area contributed by atoms with Crippen LogP contribution in [0.2, 0.25) is 0 Å². The average Bonchev–Trinajstić information content (AvgIpc) is 3.16. The number of pyridine rings is 1. The van der Waals surface area contributed by atoms with E-state index in [0.29, 0.717) is 17.0 Å². The summed E-state index contributed by atoms with van der Waals surface area (Å²) < 4.78 is 21.5. The number of methoxy groups -OCH3 is 1. The average molecular weight is 351 g/mol. The van der Waals surface area contributed by atoms with Crippen molar-refractivity contribution in [1.82, 2.24) is 4.98 Å². The molecule has 0 fully saturated rings. The lowest BCUT2D eigenvalue weighted by Crippen LogP contribution is -2.07. The molecule has 0 aliphatic carbocycles. The van der Waals surface area contributed by atoms with Gasteiger partial charge in [0.05, 0.1) is 24.6 Å². The highest BCUT2D eigenvalue weighted by atomic mass is 16.7. The van der Waals surface area contributed by atoms with Crippen LogP contribution in [0.1, 0.15) is 17.4 Å². The Morgan fingerprint density at radius 2 is 1.96 bits per heavy atom. The van der Waals surface area contributed by atoms with Gasteiger partial charge in [0.2, 0.25) is 6.79 Å². The summed E-state index contributed by atoms with van der Waals surface area (Å²) >= 11 is 0. The van der Waals surface area contributed by atoms with Gasteiger partial charge in [-0.2, -0.15) is 0 Å². The second-order valence-corrected chi connectivity index (χ2v) is 5.70. The number of ether oxygens (including phenoxy) is 4. The molecule has 2 heterocycles. The van der Waals surface area contributed by atoms with Crippen molar-refractivity contribution < 1.29 is 23.7 Å². The first-order chi connectivity index (χ1) is 12.7. The first-order valence-electron chi connectivity index (χ1n) is 8.26. The highest BCUT2D eigenvalue weighted by Crippen LogP contribution is 2.43. The molecule has 0 amide bonds. The Morgan fingerprint density at radius 3 is 2.69 bits per heavy atom. The van der Waals surface area contributed by atoms with E-state index in [1.54, 1.807) is 26.2 Å². The zero-order chi connectivity index (χ0) is 18.1. The Balaban J connectivity index is 1.97. The minimum Gasteiger partial charge on any atom is -0.497 e. The Kier molecular flexibility index (Phi) is 4.08. The maximum Gasteiger partial charge on any atom is 0.356 e. The van der Waals surface area contributed by atoms with Crippen LogP contribution in [0, 0.1) is 0 Å². The summed E-state index contributed by atoms with van der Waals surface area (Å²) in [7, 11) is 1.62. The molecule has 1 aromatic heterocycles. The minimum atomic E-state index is -0.457. The number of benzene rings is 2. The SMILES string of the molecule is CCOC(=O)c1cc(-c2ccc(OC)cc2)c2c3c(ccc2n1)OCO3. The highest BCUT2D eigenvalue weighted by Gasteiger charge is 2.23. The predicted octanol–water partition coefficient (Wildman–Crippen LogP) is 3.82. The van der Waals surface area contributed by atoms with Crippen molar-refractivity contribution in [2.75, 3.05) is 20.5 Å². The Labute approximate surface area is 150 Å². The van der Waals surface area contributed by atoms with Crippen molar-refractivity contribution in [2.45, 2.75) is 6.92 Å². The number of nitrogens with zero attached hydrogens (tertiary/aromatic N) is 1. The summed E-state index contributed by atoms with van der Waals surface area (Å²) in [6, 6.07) is 12.9. The quantitative estimate of drug-likeness (QED) is 0.666. The van der Waals surface area contributed by atoms with E-state index in [1.807, 2.05) is 30.3 Å². The van der Waals surface area contributed by atoms with Gasteiger partial charge in [-0.15, -0.1) is 0 Å². The van der Waals surface area contributed by atoms with E-state index in [1.165, 1.54) is 0 Å². The number of esters is 1. The summed E-state index contributed by atoms with van der Waals surface area (Å²) in [5.74, 6) is 1.60. The smallest absolute Gasteiger partial charge is 0.356 e. The van der Waals surface area contributed by atoms with E-state index in [2.05, 4.69) is 4.98 Å². The van der Waals surface area contributed by atoms with Crippen LogP contribution in [0.5, 0.6) is 17.2 Å². The molecule has 6 nitrogen and oxygen atoms in total. The summed E-state index contributed by atoms with van der Waals surface area (Å²) in [5, 5.41) is 0.804. The molecule has 0 bridgehead atoms. The van der Waals surface area contributed by atoms with Gasteiger partial charge >= 0.3 is 5.97 Å². The first-order valence-corrected chi connectivity index (χ1v) is 8.26. The molecule has 6 heteroatoms. The number of carbonyl (C=O) groups is 1. The fourth-order valence-electron chi connectivity index (χ4n) is 2.99. The molecule has 26 heavy (non-hydrogen) atoms. The van der Waals surface area contributed by atoms with E-state index in [0.717, 1.165) is 22.3 Å². The zero-order valence-corrected chi connectivity index (χ0v) is 14.4. The lowest BCUT2D eigenvalue weighted by Gasteiger charge is -2.12. The molecular weight excluding hydrogens is 334 g/mol. The molecule has 1 aliphatic heterocycles. The van der Waals surface area contributed by atoms with Crippen molar-refractivity contribution in [3.8, 4) is 28.4 Å². The fraction of sp³-hybridized carbons (Fsp3) is 0.200. The normalized spacial score (nSPS) is 12.2. The lowest BCUT2D eigenvalue weighted by atomic mass is 9.99. The Hall–Kier alpha value is -3.28. The maximum atomic E-state index is 12.2. The first kappa shape index (κ1) is 16.2. The summed E-state index contributed by atoms with van der Waals surface area (Å²) in [6.07, 6.45) is 0. The van der Waals surface area contributed by atoms with Crippen LogP contribution in [-0.2, 0) is 4.74 Å². The van der Waals surface area contributed by atoms with Crippen LogP contribution in [0.15, 0.2) is 42.5 Å². The van der Waals surface area contributed by atoms with Crippen LogP contribution < -0.4 is 14.2 Å². The molecule has 132 valence electrons. The van der Waals surface area contributed by atoms with E-state index < -0.39 is 5.97 Å². The van der Waals surface area contributed by atoms with Gasteiger partial charge < -0.3 is 18.9 Å². The predicted molar refractivity (Wildman–Crippen MR) is 95.8 cm³/mol. The molecule has 2 aromatic carbocycles. The molecule has 0 unspecified atom stereocenters. The Morgan fingerprint density at radius 1 is 1.15 bits per heavy atom. The van der Waals surface area contributed by atoms with Crippen LogP contribution in [0.25, 0.3) is 22.0 Å². The van der Waals surface area contributed by atoms with E-state index >= 15 is 0 Å². The largest absolute Gasteiger partial charge is 0.497 e. The third-order valence-corrected chi connectivity index (χ3v) is 4.19. The molecule has 0 spiro atoms. The van der Waals surface area contributed by atoms with Crippen LogP contribution >= 0.6 is 0 Å². The topological polar surface area (TPSA) is 66.9 Å². The molecule has 0 saturated carbocycles. The molecule has 0 saturated heterocycles. The standard InChI is InChI=1S/C20H17NO5/c1-3-24-20(22)16-10-14(12-4-6-13(23-2)7-5-12)18-15(21-16)8-9-17-19(18)26-11-25-17/h4-10H,3,11H2,1-2H3. The van der Waals surface area contributed by atoms with Gasteiger partial charge in [0.15, 0.2) is 11.5 Å². The molecule has 1 aliphatic rings. The fourth-order valence-corrected chi connectivity index (χ4v) is 2.99. The number of fused-ring (bicyclic) bond motifs is 3. The van der Waals surface area contributed by atoms with Gasteiger partial charge in [0, 0.05) is 0 Å². The van der Waals surface area contributed by atoms with Crippen molar-refractivity contribution in [3.05, 3.63) is 48.2 Å². The van der Waals surface area contributed by atoms with Crippen LogP contribution in [0.4, 0.5) is 0 Å². The van der Waals surface area contributed by atoms with Gasteiger partial charge in [-0.3, -0.25) is 0 Å². The third-order valence-electron chi connectivity index (χ3n) is 4.19. The number of aromatic nitrogens is 1. The monoisotopic (exact) mass is 351 g/mol. The van der Waals surface area contributed by atoms with Gasteiger partial charge in [0.25, 0.3) is 0 Å². The highest BCUT2D eigenvalue weighted by molar-refractivity contribution is 6.04. The molecule has 4 rings (SSSR count). The van der Waals surface area contributed by atoms with Crippen LogP contribution in [0.3, 0.4) is 0 Å². The molecule has 0 radical (unpaired) electrons. The van der Waals surface area contributed by atoms with Crippen molar-refractivity contribution in [3.63, 3.8) is 0 Å². The number of rotatable bonds is 4. The second-order valence-electron chi connectivity index (χ2n) is 5.70. The summed E-state index contributed by atoms with van der Waals surface area (Å²) in [6.45, 7) is 2.22. The molecule has 3 aromatic rings. The molecule has 0 N–H and O–H groups in total. The number of hydrogen-bond acceptors (Lipinski definition) is 6. The summed E-state index contributed by atoms with van der Waals surface area (Å²) in [4.78, 5) is 16.7. The van der Waals surface area contributed by atoms with Crippen molar-refractivity contribution in [2.24, 2.45) is 0 Å². The van der Waals surface area contributed by atoms with E-state index in [4.69, 9.17) is 18.9 Å². The Bertz CT molecular complexity index is 982. The maximum absolute atomic E-state index is 12.2. The molecule has 0 atom stereocenters. The van der Waals surface area contributed by atoms with Gasteiger partial charge in [-0.1, -0.05) is 12.1 Å². The minimum absolute atomic E-state index is 0.163. The van der Waals surface area contributed by atoms with Gasteiger partial charge in [-0.05, 0) is 48.4 Å². The number of carbonyl (C=O) groups excluding carboxylic acids is 1. The van der Waals surface area contributed by atoms with E-state index in [-0.39, 0.29) is 19.1 Å². The van der Waals surface area contributed by atoms with Gasteiger partial charge in [0.1, 0.15) is 11.4 Å². The lowest BCUT2D eigenvalue weighted by molar-refractivity contribution is 0.0520. The number of hydrogen-bond donors (Lipinski definition) is 0. The van der Waals surface area contributed by atoms with Crippen molar-refractivity contribution in [1.29, 1.82) is 0 Å². The third kappa shape index (κ3) is 2.69. The van der Waals surface area contributed by atoms with Gasteiger partial charge in [-0.25, -0.2) is 9.78 Å². The summed E-state index contributed by atoms with van der Waals surface area (Å²) in [5.41, 5.74) is 2.63. The zero-order valence-electron chi connectivity index (χ0n) is 14.4. The molecular formula is C20H17NO5. The second kappa shape index (κ2) is 6.55. The van der Waals surface area contributed by atoms with Crippen LogP contribution in [-0.4, -0.2) is 31.5 Å².